The van der Waals surface area contributed by atoms with Gasteiger partial charge in [0.15, 0.2) is 43.5 Å². The topological polar surface area (TPSA) is 667 Å². The molecule has 2 unspecified atom stereocenters. The average molecular weight is 1900 g/mol. The van der Waals surface area contributed by atoms with E-state index in [0.717, 1.165) is 16.7 Å². The summed E-state index contributed by atoms with van der Waals surface area (Å²) in [5.74, 6) is -5.15. The van der Waals surface area contributed by atoms with Crippen molar-refractivity contribution in [3.63, 3.8) is 0 Å². The molecule has 744 valence electrons. The maximum Gasteiger partial charge on any atom is 0.407 e. The van der Waals surface area contributed by atoms with Gasteiger partial charge in [-0.05, 0) is 90.5 Å². The van der Waals surface area contributed by atoms with Crippen molar-refractivity contribution in [3.8, 4) is 0 Å². The van der Waals surface area contributed by atoms with Crippen molar-refractivity contribution in [1.82, 2.24) is 10.6 Å². The lowest BCUT2D eigenvalue weighted by atomic mass is 9.73. The van der Waals surface area contributed by atoms with Crippen LogP contribution < -0.4 is 45.0 Å². The number of ether oxygens (including phenoxy) is 16. The molecular weight excluding hydrogens is 1770 g/mol. The van der Waals surface area contributed by atoms with Gasteiger partial charge in [0, 0.05) is 55.8 Å². The summed E-state index contributed by atoms with van der Waals surface area (Å²) < 4.78 is 128. The minimum Gasteiger partial charge on any atom is -0.445 e. The van der Waals surface area contributed by atoms with E-state index >= 15 is 4.39 Å². The molecular formula is C90H129F2N11O31. The highest BCUT2D eigenvalue weighted by Gasteiger charge is 2.60. The summed E-state index contributed by atoms with van der Waals surface area (Å²) in [6.07, 6.45) is -42.6. The number of nitrogens with zero attached hydrogens (tertiary/aromatic N) is 3. The summed E-state index contributed by atoms with van der Waals surface area (Å²) in [5, 5.41) is 131. The number of nitrogens with two attached hydrogens (primary N) is 6. The zero-order chi connectivity index (χ0) is 95.9. The van der Waals surface area contributed by atoms with Crippen LogP contribution in [0.3, 0.4) is 0 Å². The fourth-order valence-corrected chi connectivity index (χ4v) is 19.2. The van der Waals surface area contributed by atoms with Crippen LogP contribution in [0.1, 0.15) is 113 Å². The molecule has 8 heterocycles. The van der Waals surface area contributed by atoms with Crippen molar-refractivity contribution in [2.45, 2.75) is 324 Å². The molecule has 10 fully saturated rings. The molecule has 14 rings (SSSR count). The maximum absolute atomic E-state index is 15.2. The predicted molar refractivity (Wildman–Crippen MR) is 461 cm³/mol. The largest absolute Gasteiger partial charge is 0.445 e. The number of carbonyl (C=O) groups excluding carboxylic acids is 4. The van der Waals surface area contributed by atoms with E-state index in [1.54, 1.807) is 24.3 Å². The predicted octanol–water partition coefficient (Wildman–Crippen LogP) is -0.848. The molecule has 0 spiro atoms. The highest BCUT2D eigenvalue weighted by Crippen LogP contribution is 2.46. The fourth-order valence-electron chi connectivity index (χ4n) is 19.2. The van der Waals surface area contributed by atoms with E-state index in [1.807, 2.05) is 104 Å². The summed E-state index contributed by atoms with van der Waals surface area (Å²) in [6, 6.07) is 32.0. The first-order chi connectivity index (χ1) is 64.4. The summed E-state index contributed by atoms with van der Waals surface area (Å²) >= 11 is 0. The number of aliphatic hydroxyl groups excluding tert-OH is 11. The second kappa shape index (κ2) is 48.5. The van der Waals surface area contributed by atoms with Crippen LogP contribution in [0, 0.1) is 23.7 Å². The first-order valence-corrected chi connectivity index (χ1v) is 45.7. The van der Waals surface area contributed by atoms with Crippen molar-refractivity contribution in [2.75, 3.05) is 39.4 Å². The second-order valence-electron chi connectivity index (χ2n) is 36.1. The van der Waals surface area contributed by atoms with Crippen LogP contribution in [0.4, 0.5) is 18.4 Å². The van der Waals surface area contributed by atoms with Crippen LogP contribution in [0.2, 0.25) is 0 Å². The van der Waals surface area contributed by atoms with Crippen LogP contribution in [0.5, 0.6) is 0 Å². The number of halogens is 2. The fraction of sp³-hybridized carbons (Fsp3) is 0.689. The van der Waals surface area contributed by atoms with E-state index in [1.165, 1.54) is 6.92 Å². The number of hydrogen-bond donors (Lipinski definition) is 19. The Hall–Kier alpha value is -7.31. The summed E-state index contributed by atoms with van der Waals surface area (Å²) in [6.45, 7) is 0.156. The molecule has 0 radical (unpaired) electrons. The summed E-state index contributed by atoms with van der Waals surface area (Å²) in [7, 11) is 0. The third-order valence-corrected chi connectivity index (χ3v) is 26.9. The lowest BCUT2D eigenvalue weighted by Crippen LogP contribution is -2.66. The normalized spacial score (nSPS) is 39.7. The Bertz CT molecular complexity index is 4370. The molecule has 4 aromatic carbocycles. The van der Waals surface area contributed by atoms with Crippen molar-refractivity contribution < 1.29 is 160 Å². The number of Topliss-reactive ketones (excluding diaryl/α,β-unsaturated/α-hetero) is 2. The van der Waals surface area contributed by atoms with Crippen LogP contribution >= 0.6 is 0 Å². The van der Waals surface area contributed by atoms with E-state index in [0.29, 0.717) is 31.2 Å². The third-order valence-electron chi connectivity index (χ3n) is 26.9. The summed E-state index contributed by atoms with van der Waals surface area (Å²) in [5.41, 5.74) is 47.5. The van der Waals surface area contributed by atoms with Gasteiger partial charge in [0.1, 0.15) is 129 Å². The standard InChI is InChI=1S/C62H76FN5O17.C28H53FN6O14/c1-34-27-40(28-43(70)35(2)41(63)30-65-68-64)51(71)57(54(34)83-58-42(66-61(74)76-32-36-15-7-3-8-16-36)29-48-46(80-58)25-23-44(78-48)38-19-11-5-12-20-38)85-60-53(73)56(49(31-69)82-60)84-59-50(67-62(75)77-33-37-17-9-4-10-18-37)52(72)55-47(81-59)26-24-45(79-55)39-21-13-6-14-22-39;29-9(4-30)19(40)13(38)2-8-1-10(33)23(47-26-11(34)3-12(37)14(5-31)44-26)25(18(8)39)49-28-22(43)24(16(7-36)46-28)48-27-17(35)21(42)20(41)15(6-32)45-27/h3-22,34-35,40-42,44-60,69,71-73H,23-33H2,1-2H3,(H,66,74)(H,67,75);8-12,14-28,36-37,39-43H,1-7,30-35H2/t34-,35-,40-,41+,42+,44?,45?,46+,47-,48-,49+,50+,51-,52+,53+,54+,55+,56+,57+,58+,59+,60-;8-,9+,10-,11+,12-,14+,15-,16+,17+,18-,19-,20+,21+,22+,23+,24+,25+,26+,27+,28-/m00/s1. The Morgan fingerprint density at radius 2 is 0.970 bits per heavy atom. The number of amides is 2. The third kappa shape index (κ3) is 25.3. The number of rotatable bonds is 35. The highest BCUT2D eigenvalue weighted by molar-refractivity contribution is 5.84. The SMILES string of the molecule is C[C@H](C(=O)C[C@@H]1C[C@H](C)[C@@H](O[C@H]2O[C@@H]3CCC(c4ccccc4)O[C@H]3C[C@H]2NC(=O)OCc2ccccc2)[C@H](O[C@@H]2O[C@H](CO)[C@@H](O[C@H]3O[C@H]4CCC(c5ccccc5)O[C@H]4[C@H](O)[C@H]3NC(=O)OCc3ccccc3)[C@H]2O)[C@H]1O)[C@H](F)CN=[N+]=[N-].NC[C@@H](F)[C@H](O)C(=O)C[C@@H]1C[C@H](N)[C@@H](O[C@H]2O[C@H](CN)[C@@H](O)C[C@H]2N)[C@H](O[C@@H]2O[C@H](CO)[C@@H](O[C@H]3O[C@@H](CN)[C@@H](O)[C@H](O)[C@H]3N)[C@H]2O)[C@H]1O. The number of benzene rings is 4. The monoisotopic (exact) mass is 1900 g/mol. The van der Waals surface area contributed by atoms with Gasteiger partial charge in [-0.15, -0.1) is 0 Å². The van der Waals surface area contributed by atoms with Crippen LogP contribution in [-0.2, 0) is 98.6 Å². The van der Waals surface area contributed by atoms with Crippen molar-refractivity contribution in [1.29, 1.82) is 0 Å². The number of alkyl carbamates (subject to hydrolysis) is 2. The van der Waals surface area contributed by atoms with Gasteiger partial charge in [0.25, 0.3) is 0 Å². The lowest BCUT2D eigenvalue weighted by Gasteiger charge is -2.49. The number of fused-ring (bicyclic) bond motifs is 2. The van der Waals surface area contributed by atoms with Gasteiger partial charge in [-0.2, -0.15) is 0 Å². The van der Waals surface area contributed by atoms with Gasteiger partial charge >= 0.3 is 12.2 Å². The van der Waals surface area contributed by atoms with Gasteiger partial charge in [0.05, 0.1) is 98.9 Å². The molecule has 42 nitrogen and oxygen atoms in total. The Morgan fingerprint density at radius 1 is 0.485 bits per heavy atom. The Balaban J connectivity index is 0.000000264. The van der Waals surface area contributed by atoms with Crippen molar-refractivity contribution >= 4 is 23.8 Å². The van der Waals surface area contributed by atoms with E-state index < -0.39 is 307 Å². The van der Waals surface area contributed by atoms with E-state index in [-0.39, 0.29) is 64.5 Å². The number of nitrogens with one attached hydrogen (secondary N) is 2. The molecule has 44 heteroatoms. The van der Waals surface area contributed by atoms with Crippen molar-refractivity contribution in [2.24, 2.45) is 63.2 Å². The molecule has 4 aromatic rings. The molecule has 134 heavy (non-hydrogen) atoms. The van der Waals surface area contributed by atoms with E-state index in [9.17, 15) is 79.7 Å². The molecule has 42 atom stereocenters. The number of aliphatic hydroxyl groups is 11. The molecule has 2 saturated carbocycles. The number of hydrogen-bond acceptors (Lipinski definition) is 38. The summed E-state index contributed by atoms with van der Waals surface area (Å²) in [4.78, 5) is 56.4. The van der Waals surface area contributed by atoms with E-state index in [4.69, 9.17) is 116 Å². The van der Waals surface area contributed by atoms with Gasteiger partial charge in [-0.1, -0.05) is 140 Å². The quantitative estimate of drug-likeness (QED) is 0.0152. The zero-order valence-electron chi connectivity index (χ0n) is 74.2. The first kappa shape index (κ1) is 104. The smallest absolute Gasteiger partial charge is 0.407 e. The Morgan fingerprint density at radius 3 is 1.53 bits per heavy atom. The Labute approximate surface area is 771 Å². The van der Waals surface area contributed by atoms with E-state index in [2.05, 4.69) is 20.7 Å². The number of ketones is 2. The van der Waals surface area contributed by atoms with Crippen LogP contribution in [0.25, 0.3) is 10.4 Å². The molecule has 8 saturated heterocycles. The number of carbonyl (C=O) groups is 4. The highest BCUT2D eigenvalue weighted by atomic mass is 19.1. The number of alkyl halides is 2. The molecule has 2 aliphatic carbocycles. The van der Waals surface area contributed by atoms with Crippen molar-refractivity contribution in [3.05, 3.63) is 154 Å². The van der Waals surface area contributed by atoms with Gasteiger partial charge < -0.3 is 177 Å². The molecule has 25 N–H and O–H groups in total. The van der Waals surface area contributed by atoms with Gasteiger partial charge in [-0.25, -0.2) is 18.4 Å². The van der Waals surface area contributed by atoms with Crippen LogP contribution in [-0.4, -0.2) is 340 Å². The van der Waals surface area contributed by atoms with Crippen LogP contribution in [0.15, 0.2) is 126 Å². The molecule has 0 aromatic heterocycles. The molecule has 10 aliphatic rings. The molecule has 0 bridgehead atoms. The van der Waals surface area contributed by atoms with Gasteiger partial charge in [0.2, 0.25) is 0 Å². The number of azide groups is 1. The molecule has 2 amide bonds. The second-order valence-corrected chi connectivity index (χ2v) is 36.1. The average Bonchev–Trinajstić information content (AvgIpc) is 1.42. The minimum atomic E-state index is -2.05. The lowest BCUT2D eigenvalue weighted by molar-refractivity contribution is -0.316. The molecule has 8 aliphatic heterocycles. The minimum absolute atomic E-state index is 0.0283. The Kier molecular flexibility index (Phi) is 37.7. The maximum atomic E-state index is 15.2. The van der Waals surface area contributed by atoms with Gasteiger partial charge in [-0.3, -0.25) is 9.59 Å². The zero-order valence-corrected chi connectivity index (χ0v) is 74.2. The first-order valence-electron chi connectivity index (χ1n) is 45.7.